The van der Waals surface area contributed by atoms with E-state index in [2.05, 4.69) is 24.1 Å². The van der Waals surface area contributed by atoms with Crippen LogP contribution in [0.5, 0.6) is 0 Å². The molecule has 1 saturated heterocycles. The molecule has 1 aliphatic rings. The van der Waals surface area contributed by atoms with Gasteiger partial charge in [-0.25, -0.2) is 4.98 Å². The fourth-order valence-corrected chi connectivity index (χ4v) is 5.82. The molecule has 0 aliphatic carbocycles. The topological polar surface area (TPSA) is 66.7 Å². The van der Waals surface area contributed by atoms with Gasteiger partial charge in [-0.05, 0) is 31.1 Å². The van der Waals surface area contributed by atoms with Crippen LogP contribution in [0.4, 0.5) is 5.82 Å². The summed E-state index contributed by atoms with van der Waals surface area (Å²) in [6.45, 7) is 5.77. The van der Waals surface area contributed by atoms with Crippen molar-refractivity contribution >= 4 is 51.7 Å². The Labute approximate surface area is 231 Å². The maximum absolute atomic E-state index is 13.3. The summed E-state index contributed by atoms with van der Waals surface area (Å²) in [4.78, 5) is 33.4. The van der Waals surface area contributed by atoms with Crippen molar-refractivity contribution < 1.29 is 4.79 Å². The molecule has 6 nitrogen and oxygen atoms in total. The number of hydrogen-bond acceptors (Lipinski definition) is 6. The first-order chi connectivity index (χ1) is 18.1. The maximum atomic E-state index is 13.3. The molecular formula is C29H42N4O2S2. The molecular weight excluding hydrogens is 500 g/mol. The minimum absolute atomic E-state index is 0.111. The molecule has 1 fully saturated rings. The molecule has 202 valence electrons. The third kappa shape index (κ3) is 8.67. The zero-order chi connectivity index (χ0) is 26.5. The van der Waals surface area contributed by atoms with Crippen molar-refractivity contribution in [2.45, 2.75) is 97.3 Å². The molecule has 0 atom stereocenters. The molecule has 0 bridgehead atoms. The number of hydrogen-bond donors (Lipinski definition) is 1. The molecule has 3 heterocycles. The second kappa shape index (κ2) is 15.9. The lowest BCUT2D eigenvalue weighted by atomic mass is 10.1. The summed E-state index contributed by atoms with van der Waals surface area (Å²) in [7, 11) is 0. The van der Waals surface area contributed by atoms with Crippen molar-refractivity contribution in [1.29, 1.82) is 0 Å². The summed E-state index contributed by atoms with van der Waals surface area (Å²) >= 11 is 6.81. The summed E-state index contributed by atoms with van der Waals surface area (Å²) in [5, 5.41) is 3.33. The SMILES string of the molecule is CCCCCCCCCCCCN1C(=O)C(=Cc2c(NCCCCC)nc3ccccn3c2=O)SC1=S. The number of anilines is 1. The van der Waals surface area contributed by atoms with Gasteiger partial charge in [0, 0.05) is 19.3 Å². The highest BCUT2D eigenvalue weighted by molar-refractivity contribution is 8.26. The molecule has 1 N–H and O–H groups in total. The lowest BCUT2D eigenvalue weighted by Crippen LogP contribution is -2.29. The van der Waals surface area contributed by atoms with Gasteiger partial charge in [-0.1, -0.05) is 115 Å². The number of aromatic nitrogens is 2. The second-order valence-electron chi connectivity index (χ2n) is 9.76. The number of thiocarbonyl (C=S) groups is 1. The summed E-state index contributed by atoms with van der Waals surface area (Å²) in [6.07, 6.45) is 19.1. The number of unbranched alkanes of at least 4 members (excludes halogenated alkanes) is 11. The van der Waals surface area contributed by atoms with Crippen LogP contribution in [0.1, 0.15) is 103 Å². The van der Waals surface area contributed by atoms with Crippen LogP contribution < -0.4 is 10.9 Å². The minimum Gasteiger partial charge on any atom is -0.369 e. The van der Waals surface area contributed by atoms with Gasteiger partial charge in [0.15, 0.2) is 0 Å². The van der Waals surface area contributed by atoms with E-state index in [1.807, 2.05) is 12.1 Å². The van der Waals surface area contributed by atoms with Gasteiger partial charge in [0.05, 0.1) is 10.5 Å². The van der Waals surface area contributed by atoms with Crippen molar-refractivity contribution in [2.75, 3.05) is 18.4 Å². The molecule has 0 aromatic carbocycles. The van der Waals surface area contributed by atoms with Crippen LogP contribution in [-0.2, 0) is 4.79 Å². The molecule has 0 spiro atoms. The Bertz CT molecular complexity index is 1130. The Balaban J connectivity index is 1.61. The average Bonchev–Trinajstić information content (AvgIpc) is 3.17. The Morgan fingerprint density at radius 3 is 2.27 bits per heavy atom. The van der Waals surface area contributed by atoms with Gasteiger partial charge in [-0.2, -0.15) is 0 Å². The van der Waals surface area contributed by atoms with Crippen molar-refractivity contribution in [2.24, 2.45) is 0 Å². The van der Waals surface area contributed by atoms with Crippen LogP contribution in [0.25, 0.3) is 11.7 Å². The third-order valence-corrected chi connectivity index (χ3v) is 8.10. The van der Waals surface area contributed by atoms with Gasteiger partial charge in [-0.15, -0.1) is 0 Å². The third-order valence-electron chi connectivity index (χ3n) is 6.73. The van der Waals surface area contributed by atoms with Crippen molar-refractivity contribution in [3.63, 3.8) is 0 Å². The largest absolute Gasteiger partial charge is 0.369 e. The summed E-state index contributed by atoms with van der Waals surface area (Å²) < 4.78 is 2.09. The molecule has 2 aromatic rings. The molecule has 0 saturated carbocycles. The van der Waals surface area contributed by atoms with E-state index >= 15 is 0 Å². The van der Waals surface area contributed by atoms with Crippen LogP contribution in [0.15, 0.2) is 34.1 Å². The standard InChI is InChI=1S/C29H42N4O2S2/c1-3-5-7-8-9-10-11-12-13-16-21-33-28(35)24(37-29(33)36)22-23-26(30-19-15-6-4-2)31-25-18-14-17-20-32(25)27(23)34/h14,17-18,20,22,30H,3-13,15-16,19,21H2,1-2H3. The van der Waals surface area contributed by atoms with E-state index in [9.17, 15) is 9.59 Å². The van der Waals surface area contributed by atoms with Gasteiger partial charge < -0.3 is 5.32 Å². The number of carbonyl (C=O) groups excluding carboxylic acids is 1. The first kappa shape index (κ1) is 29.4. The van der Waals surface area contributed by atoms with Crippen molar-refractivity contribution in [3.05, 3.63) is 45.2 Å². The highest BCUT2D eigenvalue weighted by Crippen LogP contribution is 2.33. The fourth-order valence-electron chi connectivity index (χ4n) is 4.53. The van der Waals surface area contributed by atoms with Crippen LogP contribution in [0.2, 0.25) is 0 Å². The van der Waals surface area contributed by atoms with E-state index in [4.69, 9.17) is 12.2 Å². The monoisotopic (exact) mass is 542 g/mol. The quantitative estimate of drug-likeness (QED) is 0.127. The molecule has 37 heavy (non-hydrogen) atoms. The normalized spacial score (nSPS) is 14.9. The Kier molecular flexibility index (Phi) is 12.6. The number of nitrogens with zero attached hydrogens (tertiary/aromatic N) is 3. The van der Waals surface area contributed by atoms with E-state index in [0.717, 1.165) is 38.6 Å². The predicted octanol–water partition coefficient (Wildman–Crippen LogP) is 7.42. The van der Waals surface area contributed by atoms with Gasteiger partial charge in [0.25, 0.3) is 11.5 Å². The minimum atomic E-state index is -0.191. The molecule has 0 radical (unpaired) electrons. The van der Waals surface area contributed by atoms with Gasteiger partial charge in [0.2, 0.25) is 0 Å². The highest BCUT2D eigenvalue weighted by Gasteiger charge is 2.32. The molecule has 1 aliphatic heterocycles. The van der Waals surface area contributed by atoms with E-state index in [1.54, 1.807) is 23.2 Å². The van der Waals surface area contributed by atoms with Crippen molar-refractivity contribution in [3.8, 4) is 0 Å². The van der Waals surface area contributed by atoms with E-state index in [0.29, 0.717) is 32.8 Å². The number of amides is 1. The number of carbonyl (C=O) groups is 1. The molecule has 8 heteroatoms. The highest BCUT2D eigenvalue weighted by atomic mass is 32.2. The van der Waals surface area contributed by atoms with Crippen molar-refractivity contribution in [1.82, 2.24) is 14.3 Å². The van der Waals surface area contributed by atoms with Crippen LogP contribution in [-0.4, -0.2) is 37.6 Å². The molecule has 1 amide bonds. The first-order valence-electron chi connectivity index (χ1n) is 14.1. The Hall–Kier alpha value is -2.19. The predicted molar refractivity (Wildman–Crippen MR) is 161 cm³/mol. The van der Waals surface area contributed by atoms with Crippen LogP contribution in [0, 0.1) is 0 Å². The second-order valence-corrected chi connectivity index (χ2v) is 11.4. The van der Waals surface area contributed by atoms with Crippen LogP contribution in [0.3, 0.4) is 0 Å². The maximum Gasteiger partial charge on any atom is 0.267 e. The number of pyridine rings is 1. The summed E-state index contributed by atoms with van der Waals surface area (Å²) in [5.41, 5.74) is 0.791. The zero-order valence-corrected chi connectivity index (χ0v) is 24.1. The number of rotatable bonds is 17. The van der Waals surface area contributed by atoms with E-state index < -0.39 is 0 Å². The van der Waals surface area contributed by atoms with Crippen LogP contribution >= 0.6 is 24.0 Å². The zero-order valence-electron chi connectivity index (χ0n) is 22.5. The molecule has 3 rings (SSSR count). The lowest BCUT2D eigenvalue weighted by molar-refractivity contribution is -0.122. The van der Waals surface area contributed by atoms with E-state index in [-0.39, 0.29) is 11.5 Å². The van der Waals surface area contributed by atoms with Gasteiger partial charge in [0.1, 0.15) is 15.8 Å². The number of thioether (sulfide) groups is 1. The Morgan fingerprint density at radius 1 is 0.919 bits per heavy atom. The first-order valence-corrected chi connectivity index (χ1v) is 15.3. The van der Waals surface area contributed by atoms with Gasteiger partial charge >= 0.3 is 0 Å². The average molecular weight is 543 g/mol. The van der Waals surface area contributed by atoms with Gasteiger partial charge in [-0.3, -0.25) is 18.9 Å². The fraction of sp³-hybridized carbons (Fsp3) is 0.586. The number of nitrogens with one attached hydrogen (secondary N) is 1. The lowest BCUT2D eigenvalue weighted by Gasteiger charge is -2.14. The number of fused-ring (bicyclic) bond motifs is 1. The smallest absolute Gasteiger partial charge is 0.267 e. The van der Waals surface area contributed by atoms with E-state index in [1.165, 1.54) is 67.5 Å². The molecule has 0 unspecified atom stereocenters. The molecule has 2 aromatic heterocycles. The summed E-state index contributed by atoms with van der Waals surface area (Å²) in [5.74, 6) is 0.410. The Morgan fingerprint density at radius 2 is 1.57 bits per heavy atom. The summed E-state index contributed by atoms with van der Waals surface area (Å²) in [6, 6.07) is 5.48.